The van der Waals surface area contributed by atoms with E-state index in [0.29, 0.717) is 0 Å². The van der Waals surface area contributed by atoms with Crippen LogP contribution in [0.4, 0.5) is 0 Å². The summed E-state index contributed by atoms with van der Waals surface area (Å²) in [6, 6.07) is 0. The maximum atomic E-state index is 3.91. The van der Waals surface area contributed by atoms with Gasteiger partial charge in [0.05, 0.1) is 0 Å². The van der Waals surface area contributed by atoms with Crippen molar-refractivity contribution in [2.75, 3.05) is 0 Å². The van der Waals surface area contributed by atoms with Gasteiger partial charge in [-0.2, -0.15) is 19.3 Å². The molecule has 0 fully saturated rings. The normalized spacial score (nSPS) is 11.2. The average Bonchev–Trinajstić information content (AvgIpc) is 3.45. The van der Waals surface area contributed by atoms with E-state index >= 15 is 0 Å². The Bertz CT molecular complexity index is 710. The molecule has 1 heteroatoms. The van der Waals surface area contributed by atoms with Crippen LogP contribution < -0.4 is 0 Å². The second kappa shape index (κ2) is 89.7. The Labute approximate surface area is 518 Å². The van der Waals surface area contributed by atoms with Crippen LogP contribution in [0.25, 0.3) is 0 Å². The molecule has 0 aliphatic heterocycles. The molecule has 0 aliphatic rings. The summed E-state index contributed by atoms with van der Waals surface area (Å²) in [6.07, 6.45) is 104. The minimum atomic E-state index is 0. The fraction of sp³-hybridized carbons (Fsp3) is 0.962. The molecule has 0 bridgehead atoms. The van der Waals surface area contributed by atoms with Crippen LogP contribution in [-0.4, -0.2) is 17.4 Å². The Hall–Kier alpha value is 0.532. The van der Waals surface area contributed by atoms with E-state index in [0.717, 1.165) is 19.3 Å². The van der Waals surface area contributed by atoms with Crippen molar-refractivity contribution in [3.63, 3.8) is 0 Å². The van der Waals surface area contributed by atoms with Gasteiger partial charge in [0, 0.05) is 17.4 Å². The van der Waals surface area contributed by atoms with Crippen LogP contribution in [0, 0.1) is 20.8 Å². The van der Waals surface area contributed by atoms with Crippen LogP contribution in [0.2, 0.25) is 0 Å². The summed E-state index contributed by atoms with van der Waals surface area (Å²) in [4.78, 5) is 0. The van der Waals surface area contributed by atoms with Gasteiger partial charge in [0.1, 0.15) is 0 Å². The van der Waals surface area contributed by atoms with Gasteiger partial charge in [-0.05, 0) is 0 Å². The molecule has 79 heavy (non-hydrogen) atoms. The lowest BCUT2D eigenvalue weighted by Gasteiger charge is -2.04. The smallest absolute Gasteiger partial charge is 0 e. The molecule has 0 atom stereocenters. The third kappa shape index (κ3) is 95.1. The molecular formula is C78H159Al-3. The molecule has 0 aromatic heterocycles. The molecule has 0 saturated heterocycles. The number of hydrogen-bond acceptors (Lipinski definition) is 0. The lowest BCUT2D eigenvalue weighted by molar-refractivity contribution is 0.518. The lowest BCUT2D eigenvalue weighted by Crippen LogP contribution is -1.84. The SMILES string of the molecule is [Al].[CH2-]CCCCCCCCCCCCCCCCCCCCCCCCC.[CH2-]CCCCCCCCCCCCCCCCCCCCCCCCC.[CH2-]CCCCCCCCCCCCCCCCCCCCCCCCC. The molecule has 0 aromatic rings. The molecule has 0 spiro atoms. The maximum absolute atomic E-state index is 3.91. The van der Waals surface area contributed by atoms with Crippen molar-refractivity contribution >= 4 is 17.4 Å². The third-order valence-electron chi connectivity index (χ3n) is 17.6. The highest BCUT2D eigenvalue weighted by molar-refractivity contribution is 5.75. The van der Waals surface area contributed by atoms with Crippen LogP contribution in [0.1, 0.15) is 483 Å². The number of hydrogen-bond donors (Lipinski definition) is 0. The first-order valence-corrected chi connectivity index (χ1v) is 38.1. The second-order valence-corrected chi connectivity index (χ2v) is 25.9. The van der Waals surface area contributed by atoms with Crippen molar-refractivity contribution in [2.45, 2.75) is 483 Å². The molecule has 0 nitrogen and oxygen atoms in total. The summed E-state index contributed by atoms with van der Waals surface area (Å²) in [5.74, 6) is 0. The van der Waals surface area contributed by atoms with E-state index in [2.05, 4.69) is 41.5 Å². The zero-order chi connectivity index (χ0) is 56.9. The van der Waals surface area contributed by atoms with Gasteiger partial charge in [0.15, 0.2) is 0 Å². The highest BCUT2D eigenvalue weighted by Gasteiger charge is 2.00. The molecular weight excluding hydrogens is 964 g/mol. The van der Waals surface area contributed by atoms with E-state index in [1.54, 1.807) is 0 Å². The summed E-state index contributed by atoms with van der Waals surface area (Å²) in [5, 5.41) is 0. The molecule has 0 rings (SSSR count). The van der Waals surface area contributed by atoms with E-state index < -0.39 is 0 Å². The molecule has 0 N–H and O–H groups in total. The van der Waals surface area contributed by atoms with Gasteiger partial charge in [-0.15, -0.1) is 0 Å². The van der Waals surface area contributed by atoms with E-state index in [-0.39, 0.29) is 17.4 Å². The van der Waals surface area contributed by atoms with Crippen molar-refractivity contribution in [1.29, 1.82) is 0 Å². The van der Waals surface area contributed by atoms with Crippen molar-refractivity contribution in [3.05, 3.63) is 20.8 Å². The molecule has 477 valence electrons. The molecule has 0 saturated carbocycles. The lowest BCUT2D eigenvalue weighted by atomic mass is 10.0. The van der Waals surface area contributed by atoms with Crippen molar-refractivity contribution in [1.82, 2.24) is 0 Å². The van der Waals surface area contributed by atoms with E-state index in [9.17, 15) is 0 Å². The zero-order valence-electron chi connectivity index (χ0n) is 56.6. The van der Waals surface area contributed by atoms with Crippen molar-refractivity contribution in [2.24, 2.45) is 0 Å². The zero-order valence-corrected chi connectivity index (χ0v) is 57.8. The van der Waals surface area contributed by atoms with Gasteiger partial charge in [-0.3, -0.25) is 0 Å². The quantitative estimate of drug-likeness (QED) is 0.0323. The summed E-state index contributed by atoms with van der Waals surface area (Å²) >= 11 is 0. The van der Waals surface area contributed by atoms with Gasteiger partial charge in [-0.25, -0.2) is 0 Å². The van der Waals surface area contributed by atoms with Crippen LogP contribution in [-0.2, 0) is 0 Å². The number of rotatable bonds is 69. The van der Waals surface area contributed by atoms with Gasteiger partial charge < -0.3 is 20.8 Å². The highest BCUT2D eigenvalue weighted by Crippen LogP contribution is 2.20. The van der Waals surface area contributed by atoms with Crippen LogP contribution >= 0.6 is 0 Å². The molecule has 0 unspecified atom stereocenters. The van der Waals surface area contributed by atoms with Gasteiger partial charge in [0.2, 0.25) is 0 Å². The summed E-state index contributed by atoms with van der Waals surface area (Å²) < 4.78 is 0. The molecule has 0 heterocycles. The summed E-state index contributed by atoms with van der Waals surface area (Å²) in [5.41, 5.74) is 0. The predicted molar refractivity (Wildman–Crippen MR) is 371 cm³/mol. The fourth-order valence-electron chi connectivity index (χ4n) is 11.9. The average molecular weight is 1120 g/mol. The van der Waals surface area contributed by atoms with Crippen molar-refractivity contribution in [3.8, 4) is 0 Å². The Balaban J connectivity index is -0.000000531. The topological polar surface area (TPSA) is 0 Å². The first-order chi connectivity index (χ1) is 38.7. The van der Waals surface area contributed by atoms with Gasteiger partial charge in [-0.1, -0.05) is 464 Å². The Morgan fingerprint density at radius 2 is 0.177 bits per heavy atom. The summed E-state index contributed by atoms with van der Waals surface area (Å²) in [7, 11) is 0. The van der Waals surface area contributed by atoms with E-state index in [1.165, 1.54) is 443 Å². The summed E-state index contributed by atoms with van der Waals surface area (Å²) in [6.45, 7) is 18.6. The van der Waals surface area contributed by atoms with Crippen LogP contribution in [0.15, 0.2) is 0 Å². The van der Waals surface area contributed by atoms with E-state index in [1.807, 2.05) is 0 Å². The first-order valence-electron chi connectivity index (χ1n) is 38.1. The van der Waals surface area contributed by atoms with Crippen molar-refractivity contribution < 1.29 is 0 Å². The van der Waals surface area contributed by atoms with E-state index in [4.69, 9.17) is 0 Å². The standard InChI is InChI=1S/3C26H53.Al/c3*1-3-5-7-9-11-13-15-17-19-21-23-25-26-24-22-20-18-16-14-12-10-8-6-4-2;/h3*1,3-26H2,2H3;/q3*-1;. The molecule has 3 radical (unpaired) electrons. The highest BCUT2D eigenvalue weighted by atomic mass is 27.0. The molecule has 0 aliphatic carbocycles. The largest absolute Gasteiger partial charge is 0.343 e. The first kappa shape index (κ1) is 86.0. The fourth-order valence-corrected chi connectivity index (χ4v) is 11.9. The minimum absolute atomic E-state index is 0. The Morgan fingerprint density at radius 3 is 0.241 bits per heavy atom. The van der Waals surface area contributed by atoms with Crippen LogP contribution in [0.5, 0.6) is 0 Å². The minimum Gasteiger partial charge on any atom is -0.343 e. The maximum Gasteiger partial charge on any atom is 0 e. The van der Waals surface area contributed by atoms with Crippen LogP contribution in [0.3, 0.4) is 0 Å². The predicted octanol–water partition coefficient (Wildman–Crippen LogP) is 30.2. The Morgan fingerprint density at radius 1 is 0.114 bits per heavy atom. The third-order valence-corrected chi connectivity index (χ3v) is 17.6. The Kier molecular flexibility index (Phi) is 97.7. The van der Waals surface area contributed by atoms with Gasteiger partial charge in [0.25, 0.3) is 0 Å². The molecule has 0 aromatic carbocycles. The van der Waals surface area contributed by atoms with Gasteiger partial charge >= 0.3 is 0 Å². The molecule has 0 amide bonds. The number of unbranched alkanes of at least 4 members (excludes halogenated alkanes) is 69. The monoisotopic (exact) mass is 1120 g/mol. The second-order valence-electron chi connectivity index (χ2n) is 25.9.